The van der Waals surface area contributed by atoms with Crippen molar-refractivity contribution < 1.29 is 9.47 Å². The van der Waals surface area contributed by atoms with Gasteiger partial charge in [0.25, 0.3) is 0 Å². The molecule has 0 radical (unpaired) electrons. The molecule has 0 unspecified atom stereocenters. The summed E-state index contributed by atoms with van der Waals surface area (Å²) in [5, 5.41) is 7.29. The van der Waals surface area contributed by atoms with E-state index in [0.717, 1.165) is 36.6 Å². The van der Waals surface area contributed by atoms with Crippen LogP contribution in [0, 0.1) is 6.92 Å². The quantitative estimate of drug-likeness (QED) is 0.883. The summed E-state index contributed by atoms with van der Waals surface area (Å²) in [6.45, 7) is 3.55. The van der Waals surface area contributed by atoms with Crippen LogP contribution in [0.1, 0.15) is 24.0 Å². The highest BCUT2D eigenvalue weighted by Crippen LogP contribution is 2.25. The van der Waals surface area contributed by atoms with Gasteiger partial charge in [0, 0.05) is 5.56 Å². The highest BCUT2D eigenvalue weighted by Gasteiger charge is 2.19. The fourth-order valence-corrected chi connectivity index (χ4v) is 2.00. The number of nitrogens with zero attached hydrogens (tertiary/aromatic N) is 1. The van der Waals surface area contributed by atoms with Crippen molar-refractivity contribution in [2.24, 2.45) is 0 Å². The number of aromatic amines is 1. The number of nitrogens with one attached hydrogen (secondary N) is 1. The molecule has 4 nitrogen and oxygen atoms in total. The molecule has 2 aromatic rings. The van der Waals surface area contributed by atoms with Crippen molar-refractivity contribution in [1.29, 1.82) is 0 Å². The molecule has 1 aromatic carbocycles. The Hall–Kier alpha value is -1.65. The van der Waals surface area contributed by atoms with Crippen LogP contribution in [-0.2, 0) is 9.47 Å². The third-order valence-electron chi connectivity index (χ3n) is 3.03. The van der Waals surface area contributed by atoms with E-state index in [1.54, 1.807) is 0 Å². The van der Waals surface area contributed by atoms with E-state index >= 15 is 0 Å². The summed E-state index contributed by atoms with van der Waals surface area (Å²) < 4.78 is 11.1. The molecular formula is C14H16N2O2. The Morgan fingerprint density at radius 3 is 2.61 bits per heavy atom. The van der Waals surface area contributed by atoms with E-state index in [9.17, 15) is 0 Å². The van der Waals surface area contributed by atoms with Crippen LogP contribution < -0.4 is 0 Å². The SMILES string of the molecule is Cc1ccc(-c2cc(C3OCCCO3)[nH]n2)cc1. The second kappa shape index (κ2) is 4.92. The maximum atomic E-state index is 5.54. The van der Waals surface area contributed by atoms with Gasteiger partial charge < -0.3 is 9.47 Å². The van der Waals surface area contributed by atoms with Crippen molar-refractivity contribution in [3.63, 3.8) is 0 Å². The highest BCUT2D eigenvalue weighted by atomic mass is 16.7. The highest BCUT2D eigenvalue weighted by molar-refractivity contribution is 5.59. The van der Waals surface area contributed by atoms with Crippen LogP contribution in [0.5, 0.6) is 0 Å². The minimum Gasteiger partial charge on any atom is -0.347 e. The Kier molecular flexibility index (Phi) is 3.13. The lowest BCUT2D eigenvalue weighted by Crippen LogP contribution is -2.17. The Balaban J connectivity index is 1.82. The second-order valence-electron chi connectivity index (χ2n) is 4.50. The number of H-pyrrole nitrogens is 1. The van der Waals surface area contributed by atoms with E-state index in [0.29, 0.717) is 0 Å². The maximum Gasteiger partial charge on any atom is 0.200 e. The average Bonchev–Trinajstić information content (AvgIpc) is 2.90. The summed E-state index contributed by atoms with van der Waals surface area (Å²) in [6, 6.07) is 10.3. The summed E-state index contributed by atoms with van der Waals surface area (Å²) in [7, 11) is 0. The molecule has 0 aliphatic carbocycles. The summed E-state index contributed by atoms with van der Waals surface area (Å²) in [5.74, 6) is 0. The molecule has 1 fully saturated rings. The molecule has 1 aliphatic heterocycles. The third kappa shape index (κ3) is 2.30. The Labute approximate surface area is 106 Å². The van der Waals surface area contributed by atoms with Gasteiger partial charge in [0.15, 0.2) is 0 Å². The Bertz CT molecular complexity index is 513. The zero-order valence-electron chi connectivity index (χ0n) is 10.3. The van der Waals surface area contributed by atoms with Gasteiger partial charge in [0.1, 0.15) is 0 Å². The van der Waals surface area contributed by atoms with Crippen LogP contribution >= 0.6 is 0 Å². The van der Waals surface area contributed by atoms with Gasteiger partial charge in [-0.15, -0.1) is 0 Å². The lowest BCUT2D eigenvalue weighted by molar-refractivity contribution is -0.185. The van der Waals surface area contributed by atoms with E-state index in [1.165, 1.54) is 5.56 Å². The van der Waals surface area contributed by atoms with E-state index in [1.807, 2.05) is 6.07 Å². The van der Waals surface area contributed by atoms with Crippen LogP contribution in [0.2, 0.25) is 0 Å². The molecule has 94 valence electrons. The predicted molar refractivity (Wildman–Crippen MR) is 68.0 cm³/mol. The summed E-state index contributed by atoms with van der Waals surface area (Å²) in [4.78, 5) is 0. The maximum absolute atomic E-state index is 5.54. The lowest BCUT2D eigenvalue weighted by atomic mass is 10.1. The van der Waals surface area contributed by atoms with Crippen molar-refractivity contribution in [3.8, 4) is 11.3 Å². The molecular weight excluding hydrogens is 228 g/mol. The molecule has 0 saturated carbocycles. The van der Waals surface area contributed by atoms with Gasteiger partial charge in [0.05, 0.1) is 24.6 Å². The molecule has 0 amide bonds. The van der Waals surface area contributed by atoms with Gasteiger partial charge in [-0.25, -0.2) is 0 Å². The topological polar surface area (TPSA) is 47.1 Å². The van der Waals surface area contributed by atoms with Gasteiger partial charge in [-0.2, -0.15) is 5.10 Å². The predicted octanol–water partition coefficient (Wildman–Crippen LogP) is 2.82. The van der Waals surface area contributed by atoms with Crippen LogP contribution in [0.4, 0.5) is 0 Å². The van der Waals surface area contributed by atoms with Gasteiger partial charge in [-0.1, -0.05) is 29.8 Å². The number of hydrogen-bond donors (Lipinski definition) is 1. The number of hydrogen-bond acceptors (Lipinski definition) is 3. The lowest BCUT2D eigenvalue weighted by Gasteiger charge is -2.21. The molecule has 1 aromatic heterocycles. The molecule has 2 heterocycles. The Morgan fingerprint density at radius 2 is 1.89 bits per heavy atom. The van der Waals surface area contributed by atoms with E-state index in [2.05, 4.69) is 41.4 Å². The molecule has 0 atom stereocenters. The van der Waals surface area contributed by atoms with Crippen molar-refractivity contribution >= 4 is 0 Å². The third-order valence-corrected chi connectivity index (χ3v) is 3.03. The normalized spacial score (nSPS) is 16.9. The van der Waals surface area contributed by atoms with Crippen molar-refractivity contribution in [2.75, 3.05) is 13.2 Å². The standard InChI is InChI=1S/C14H16N2O2/c1-10-3-5-11(6-4-10)12-9-13(16-15-12)14-17-7-2-8-18-14/h3-6,9,14H,2,7-8H2,1H3,(H,15,16). The first kappa shape index (κ1) is 11.4. The average molecular weight is 244 g/mol. The van der Waals surface area contributed by atoms with Crippen molar-refractivity contribution in [2.45, 2.75) is 19.6 Å². The molecule has 1 saturated heterocycles. The first-order valence-corrected chi connectivity index (χ1v) is 6.18. The van der Waals surface area contributed by atoms with Gasteiger partial charge >= 0.3 is 0 Å². The van der Waals surface area contributed by atoms with Crippen LogP contribution in [0.3, 0.4) is 0 Å². The monoisotopic (exact) mass is 244 g/mol. The van der Waals surface area contributed by atoms with Gasteiger partial charge in [-0.05, 0) is 19.4 Å². The molecule has 18 heavy (non-hydrogen) atoms. The fraction of sp³-hybridized carbons (Fsp3) is 0.357. The Morgan fingerprint density at radius 1 is 1.17 bits per heavy atom. The van der Waals surface area contributed by atoms with Crippen LogP contribution in [0.25, 0.3) is 11.3 Å². The van der Waals surface area contributed by atoms with Crippen molar-refractivity contribution in [3.05, 3.63) is 41.6 Å². The number of ether oxygens (including phenoxy) is 2. The fourth-order valence-electron chi connectivity index (χ4n) is 2.00. The summed E-state index contributed by atoms with van der Waals surface area (Å²) >= 11 is 0. The smallest absolute Gasteiger partial charge is 0.200 e. The zero-order valence-corrected chi connectivity index (χ0v) is 10.3. The molecule has 0 spiro atoms. The minimum atomic E-state index is -0.301. The number of benzene rings is 1. The zero-order chi connectivity index (χ0) is 12.4. The van der Waals surface area contributed by atoms with Crippen molar-refractivity contribution in [1.82, 2.24) is 10.2 Å². The molecule has 4 heteroatoms. The number of aryl methyl sites for hydroxylation is 1. The second-order valence-corrected chi connectivity index (χ2v) is 4.50. The first-order chi connectivity index (χ1) is 8.83. The molecule has 1 aliphatic rings. The van der Waals surface area contributed by atoms with E-state index in [4.69, 9.17) is 9.47 Å². The first-order valence-electron chi connectivity index (χ1n) is 6.18. The molecule has 0 bridgehead atoms. The summed E-state index contributed by atoms with van der Waals surface area (Å²) in [5.41, 5.74) is 4.14. The minimum absolute atomic E-state index is 0.301. The van der Waals surface area contributed by atoms with E-state index < -0.39 is 0 Å². The molecule has 3 rings (SSSR count). The van der Waals surface area contributed by atoms with Gasteiger partial charge in [-0.3, -0.25) is 5.10 Å². The largest absolute Gasteiger partial charge is 0.347 e. The van der Waals surface area contributed by atoms with Crippen LogP contribution in [-0.4, -0.2) is 23.4 Å². The number of rotatable bonds is 2. The van der Waals surface area contributed by atoms with Crippen LogP contribution in [0.15, 0.2) is 30.3 Å². The van der Waals surface area contributed by atoms with Gasteiger partial charge in [0.2, 0.25) is 6.29 Å². The molecule has 1 N–H and O–H groups in total. The number of aromatic nitrogens is 2. The summed E-state index contributed by atoms with van der Waals surface area (Å²) in [6.07, 6.45) is 0.653. The van der Waals surface area contributed by atoms with E-state index in [-0.39, 0.29) is 6.29 Å².